The number of anilines is 1. The second-order valence-corrected chi connectivity index (χ2v) is 11.3. The summed E-state index contributed by atoms with van der Waals surface area (Å²) in [4.78, 5) is 36.3. The minimum Gasteiger partial charge on any atom is -0.363 e. The number of alkyl halides is 3. The van der Waals surface area contributed by atoms with Gasteiger partial charge in [-0.05, 0) is 24.6 Å². The quantitative estimate of drug-likeness (QED) is 0.253. The molecule has 0 bridgehead atoms. The number of rotatable bonds is 8. The first-order chi connectivity index (χ1) is 22.0. The zero-order valence-corrected chi connectivity index (χ0v) is 24.9. The summed E-state index contributed by atoms with van der Waals surface area (Å²) in [5.74, 6) is -1.11. The Labute approximate surface area is 260 Å². The number of hydrogen-bond donors (Lipinski definition) is 1. The largest absolute Gasteiger partial charge is 0.416 e. The average Bonchev–Trinajstić information content (AvgIpc) is 3.53. The van der Waals surface area contributed by atoms with Gasteiger partial charge in [0.05, 0.1) is 35.9 Å². The molecule has 6 rings (SSSR count). The zero-order chi connectivity index (χ0) is 32.6. The normalized spacial score (nSPS) is 15.0. The Hall–Kier alpha value is -4.82. The van der Waals surface area contributed by atoms with E-state index >= 15 is 0 Å². The minimum absolute atomic E-state index is 0.139. The van der Waals surface area contributed by atoms with Crippen LogP contribution in [0.15, 0.2) is 81.1 Å². The van der Waals surface area contributed by atoms with E-state index < -0.39 is 47.0 Å². The molecule has 0 spiro atoms. The molecule has 1 fully saturated rings. The predicted molar refractivity (Wildman–Crippen MR) is 163 cm³/mol. The van der Waals surface area contributed by atoms with Gasteiger partial charge in [-0.1, -0.05) is 41.6 Å². The number of piperazine rings is 1. The van der Waals surface area contributed by atoms with Gasteiger partial charge in [-0.25, -0.2) is 9.18 Å². The maximum absolute atomic E-state index is 15.0. The standard InChI is InChI=1S/C32H31F4N7O3/c1-20-29(41-14-12-40(13-15-41)19-27-22-16-39-46-28(22)10-11-38-27)30(44)43(18-26(37)21-6-3-2-4-7-21)31(45)42(20)17-23-24(32(34,35)36)8-5-9-25(23)33/h2-11,16,26H,12-15,17-19,37H2,1H3/t26-/m0/s1. The van der Waals surface area contributed by atoms with Crippen LogP contribution in [0, 0.1) is 12.7 Å². The van der Waals surface area contributed by atoms with Crippen molar-refractivity contribution in [3.63, 3.8) is 0 Å². The van der Waals surface area contributed by atoms with E-state index in [0.29, 0.717) is 43.9 Å². The number of hydrogen-bond acceptors (Lipinski definition) is 8. The predicted octanol–water partition coefficient (Wildman–Crippen LogP) is 4.08. The third kappa shape index (κ3) is 6.05. The van der Waals surface area contributed by atoms with Gasteiger partial charge in [-0.15, -0.1) is 0 Å². The highest BCUT2D eigenvalue weighted by molar-refractivity contribution is 5.77. The van der Waals surface area contributed by atoms with E-state index in [1.54, 1.807) is 48.8 Å². The van der Waals surface area contributed by atoms with Gasteiger partial charge in [0, 0.05) is 62.3 Å². The van der Waals surface area contributed by atoms with Crippen LogP contribution in [-0.2, 0) is 25.8 Å². The lowest BCUT2D eigenvalue weighted by Gasteiger charge is -2.36. The SMILES string of the molecule is Cc1c(N2CCN(Cc3nccc4oncc34)CC2)c(=O)n(C[C@H](N)c2ccccc2)c(=O)n1Cc1c(F)cccc1C(F)(F)F. The molecule has 1 aliphatic heterocycles. The summed E-state index contributed by atoms with van der Waals surface area (Å²) >= 11 is 0. The first kappa shape index (κ1) is 31.2. The van der Waals surface area contributed by atoms with Gasteiger partial charge in [0.1, 0.15) is 11.5 Å². The van der Waals surface area contributed by atoms with Crippen LogP contribution in [0.5, 0.6) is 0 Å². The van der Waals surface area contributed by atoms with Crippen LogP contribution in [-0.4, -0.2) is 50.4 Å². The molecular weight excluding hydrogens is 606 g/mol. The fourth-order valence-corrected chi connectivity index (χ4v) is 5.96. The van der Waals surface area contributed by atoms with Crippen LogP contribution in [0.4, 0.5) is 23.2 Å². The van der Waals surface area contributed by atoms with Gasteiger partial charge in [-0.3, -0.25) is 23.8 Å². The Bertz CT molecular complexity index is 1980. The Kier molecular flexibility index (Phi) is 8.49. The lowest BCUT2D eigenvalue weighted by Crippen LogP contribution is -2.51. The van der Waals surface area contributed by atoms with Crippen molar-refractivity contribution >= 4 is 16.7 Å². The van der Waals surface area contributed by atoms with Crippen molar-refractivity contribution in [2.45, 2.75) is 38.8 Å². The Morgan fingerprint density at radius 1 is 0.957 bits per heavy atom. The minimum atomic E-state index is -4.86. The number of halogens is 4. The zero-order valence-electron chi connectivity index (χ0n) is 24.9. The number of nitrogens with zero attached hydrogens (tertiary/aromatic N) is 6. The van der Waals surface area contributed by atoms with E-state index in [4.69, 9.17) is 10.3 Å². The van der Waals surface area contributed by atoms with Crippen molar-refractivity contribution in [1.29, 1.82) is 0 Å². The summed E-state index contributed by atoms with van der Waals surface area (Å²) < 4.78 is 63.9. The Morgan fingerprint density at radius 2 is 1.70 bits per heavy atom. The van der Waals surface area contributed by atoms with E-state index in [-0.39, 0.29) is 17.9 Å². The van der Waals surface area contributed by atoms with E-state index in [9.17, 15) is 27.2 Å². The first-order valence-corrected chi connectivity index (χ1v) is 14.7. The molecule has 14 heteroatoms. The van der Waals surface area contributed by atoms with Crippen LogP contribution in [0.2, 0.25) is 0 Å². The van der Waals surface area contributed by atoms with Crippen molar-refractivity contribution < 1.29 is 22.1 Å². The van der Waals surface area contributed by atoms with Gasteiger partial charge in [0.2, 0.25) is 0 Å². The first-order valence-electron chi connectivity index (χ1n) is 14.7. The van der Waals surface area contributed by atoms with E-state index in [1.807, 2.05) is 4.90 Å². The van der Waals surface area contributed by atoms with Crippen molar-refractivity contribution in [2.75, 3.05) is 31.1 Å². The number of aromatic nitrogens is 4. The molecule has 4 heterocycles. The highest BCUT2D eigenvalue weighted by Crippen LogP contribution is 2.33. The molecule has 0 amide bonds. The van der Waals surface area contributed by atoms with Crippen molar-refractivity contribution in [3.8, 4) is 0 Å². The molecule has 1 saturated heterocycles. The molecule has 1 atom stereocenters. The van der Waals surface area contributed by atoms with Gasteiger partial charge in [-0.2, -0.15) is 13.2 Å². The number of pyridine rings is 1. The van der Waals surface area contributed by atoms with E-state index in [2.05, 4.69) is 15.0 Å². The summed E-state index contributed by atoms with van der Waals surface area (Å²) in [7, 11) is 0. The Morgan fingerprint density at radius 3 is 2.41 bits per heavy atom. The smallest absolute Gasteiger partial charge is 0.363 e. The summed E-state index contributed by atoms with van der Waals surface area (Å²) in [5, 5.41) is 4.64. The number of nitrogens with two attached hydrogens (primary N) is 1. The lowest BCUT2D eigenvalue weighted by molar-refractivity contribution is -0.138. The summed E-state index contributed by atoms with van der Waals surface area (Å²) in [5.41, 5.74) is 5.42. The van der Waals surface area contributed by atoms with E-state index in [1.165, 1.54) is 6.92 Å². The van der Waals surface area contributed by atoms with Gasteiger partial charge in [0.15, 0.2) is 5.58 Å². The topological polar surface area (TPSA) is 115 Å². The molecule has 3 aromatic heterocycles. The third-order valence-electron chi connectivity index (χ3n) is 8.43. The molecule has 240 valence electrons. The molecule has 0 saturated carbocycles. The molecule has 0 unspecified atom stereocenters. The summed E-state index contributed by atoms with van der Waals surface area (Å²) in [6.07, 6.45) is -1.60. The van der Waals surface area contributed by atoms with Gasteiger partial charge >= 0.3 is 11.9 Å². The average molecular weight is 638 g/mol. The van der Waals surface area contributed by atoms with Crippen LogP contribution in [0.1, 0.15) is 34.1 Å². The Balaban J connectivity index is 1.36. The fourth-order valence-electron chi connectivity index (χ4n) is 5.96. The number of benzene rings is 2. The number of fused-ring (bicyclic) bond motifs is 1. The molecular formula is C32H31F4N7O3. The molecule has 46 heavy (non-hydrogen) atoms. The van der Waals surface area contributed by atoms with Crippen molar-refractivity contribution in [1.82, 2.24) is 24.2 Å². The van der Waals surface area contributed by atoms with Crippen molar-refractivity contribution in [2.24, 2.45) is 5.73 Å². The second kappa shape index (κ2) is 12.5. The van der Waals surface area contributed by atoms with Gasteiger partial charge < -0.3 is 15.2 Å². The highest BCUT2D eigenvalue weighted by Gasteiger charge is 2.35. The highest BCUT2D eigenvalue weighted by atomic mass is 19.4. The fraction of sp³-hybridized carbons (Fsp3) is 0.312. The third-order valence-corrected chi connectivity index (χ3v) is 8.43. The van der Waals surface area contributed by atoms with Crippen LogP contribution in [0.3, 0.4) is 0 Å². The lowest BCUT2D eigenvalue weighted by atomic mass is 10.1. The molecule has 5 aromatic rings. The maximum Gasteiger partial charge on any atom is 0.416 e. The molecule has 10 nitrogen and oxygen atoms in total. The van der Waals surface area contributed by atoms with Crippen LogP contribution in [0.25, 0.3) is 11.0 Å². The van der Waals surface area contributed by atoms with Crippen LogP contribution >= 0.6 is 0 Å². The molecule has 2 N–H and O–H groups in total. The molecule has 0 radical (unpaired) electrons. The summed E-state index contributed by atoms with van der Waals surface area (Å²) in [6, 6.07) is 12.5. The molecule has 0 aliphatic carbocycles. The van der Waals surface area contributed by atoms with Gasteiger partial charge in [0.25, 0.3) is 5.56 Å². The molecule has 1 aliphatic rings. The molecule has 2 aromatic carbocycles. The maximum atomic E-state index is 15.0. The second-order valence-electron chi connectivity index (χ2n) is 11.3. The van der Waals surface area contributed by atoms with Crippen LogP contribution < -0.4 is 21.9 Å². The van der Waals surface area contributed by atoms with E-state index in [0.717, 1.165) is 38.4 Å². The van der Waals surface area contributed by atoms with Crippen molar-refractivity contribution in [3.05, 3.63) is 122 Å². The monoisotopic (exact) mass is 637 g/mol. The summed E-state index contributed by atoms with van der Waals surface area (Å²) in [6.45, 7) is 2.86.